The maximum atomic E-state index is 7.01. The molecule has 0 unspecified atom stereocenters. The summed E-state index contributed by atoms with van der Waals surface area (Å²) in [6.45, 7) is 9.03. The fourth-order valence-corrected chi connectivity index (χ4v) is 8.39. The number of benzene rings is 2. The lowest BCUT2D eigenvalue weighted by atomic mass is 10.2. The van der Waals surface area contributed by atoms with Gasteiger partial charge in [-0.3, -0.25) is 0 Å². The molecule has 1 aliphatic rings. The van der Waals surface area contributed by atoms with Crippen LogP contribution in [0.5, 0.6) is 0 Å². The van der Waals surface area contributed by atoms with Crippen molar-refractivity contribution in [2.24, 2.45) is 0 Å². The smallest absolute Gasteiger partial charge is 0.261 e. The highest BCUT2D eigenvalue weighted by atomic mass is 28.4. The predicted octanol–water partition coefficient (Wildman–Crippen LogP) is 2.92. The molecule has 1 atom stereocenters. The third-order valence-corrected chi connectivity index (χ3v) is 9.87. The highest BCUT2D eigenvalue weighted by Gasteiger charge is 2.51. The van der Waals surface area contributed by atoms with Crippen LogP contribution in [0.25, 0.3) is 0 Å². The van der Waals surface area contributed by atoms with Crippen LogP contribution in [0.4, 0.5) is 0 Å². The van der Waals surface area contributed by atoms with E-state index in [1.165, 1.54) is 10.4 Å². The molecule has 1 fully saturated rings. The van der Waals surface area contributed by atoms with Gasteiger partial charge in [-0.15, -0.1) is 0 Å². The first-order chi connectivity index (χ1) is 11.0. The summed E-state index contributed by atoms with van der Waals surface area (Å²) in [5.74, 6) is 0. The van der Waals surface area contributed by atoms with Gasteiger partial charge < -0.3 is 9.74 Å². The van der Waals surface area contributed by atoms with E-state index >= 15 is 0 Å². The van der Waals surface area contributed by atoms with Crippen molar-refractivity contribution in [3.8, 4) is 0 Å². The molecule has 2 aromatic carbocycles. The van der Waals surface area contributed by atoms with E-state index in [0.29, 0.717) is 6.10 Å². The minimum Gasteiger partial charge on any atom is -0.403 e. The van der Waals surface area contributed by atoms with E-state index < -0.39 is 8.32 Å². The molecule has 0 radical (unpaired) electrons. The Morgan fingerprint density at radius 2 is 1.43 bits per heavy atom. The molecule has 0 saturated carbocycles. The van der Waals surface area contributed by atoms with Gasteiger partial charge in [0.2, 0.25) is 0 Å². The van der Waals surface area contributed by atoms with Crippen molar-refractivity contribution in [2.45, 2.75) is 38.3 Å². The fourth-order valence-electron chi connectivity index (χ4n) is 3.67. The van der Waals surface area contributed by atoms with Gasteiger partial charge in [-0.2, -0.15) is 0 Å². The van der Waals surface area contributed by atoms with Crippen molar-refractivity contribution in [2.75, 3.05) is 13.1 Å². The first-order valence-corrected chi connectivity index (χ1v) is 10.4. The van der Waals surface area contributed by atoms with Crippen LogP contribution in [-0.4, -0.2) is 27.5 Å². The average Bonchev–Trinajstić information content (AvgIpc) is 3.06. The Morgan fingerprint density at radius 1 is 0.913 bits per heavy atom. The van der Waals surface area contributed by atoms with Crippen molar-refractivity contribution >= 4 is 18.7 Å². The lowest BCUT2D eigenvalue weighted by Crippen LogP contribution is -2.67. The highest BCUT2D eigenvalue weighted by molar-refractivity contribution is 6.99. The van der Waals surface area contributed by atoms with Crippen LogP contribution in [0.15, 0.2) is 60.7 Å². The van der Waals surface area contributed by atoms with E-state index in [1.54, 1.807) is 0 Å². The Morgan fingerprint density at radius 3 is 1.83 bits per heavy atom. The van der Waals surface area contributed by atoms with Crippen LogP contribution in [0, 0.1) is 0 Å². The van der Waals surface area contributed by atoms with Gasteiger partial charge in [0, 0.05) is 6.54 Å². The topological polar surface area (TPSA) is 21.3 Å². The van der Waals surface area contributed by atoms with Crippen molar-refractivity contribution in [1.82, 2.24) is 5.32 Å². The summed E-state index contributed by atoms with van der Waals surface area (Å²) in [5, 5.41) is 6.25. The zero-order valence-electron chi connectivity index (χ0n) is 14.4. The Bertz CT molecular complexity index is 576. The first kappa shape index (κ1) is 16.4. The summed E-state index contributed by atoms with van der Waals surface area (Å²) in [6.07, 6.45) is 1.41. The molecule has 3 heteroatoms. The Hall–Kier alpha value is -1.42. The zero-order chi connectivity index (χ0) is 16.3. The number of nitrogens with one attached hydrogen (secondary N) is 1. The molecular formula is C20H27NOSi. The van der Waals surface area contributed by atoms with Crippen molar-refractivity contribution in [3.63, 3.8) is 0 Å². The molecule has 0 aliphatic carbocycles. The van der Waals surface area contributed by atoms with Crippen LogP contribution in [0.1, 0.15) is 27.2 Å². The van der Waals surface area contributed by atoms with Crippen LogP contribution in [-0.2, 0) is 4.43 Å². The van der Waals surface area contributed by atoms with Gasteiger partial charge in [0.05, 0.1) is 6.10 Å². The van der Waals surface area contributed by atoms with Gasteiger partial charge in [0.1, 0.15) is 0 Å². The van der Waals surface area contributed by atoms with Crippen LogP contribution in [0.3, 0.4) is 0 Å². The van der Waals surface area contributed by atoms with Gasteiger partial charge in [0.15, 0.2) is 0 Å². The summed E-state index contributed by atoms with van der Waals surface area (Å²) in [4.78, 5) is 0. The van der Waals surface area contributed by atoms with Gasteiger partial charge >= 0.3 is 0 Å². The van der Waals surface area contributed by atoms with E-state index in [-0.39, 0.29) is 5.04 Å². The molecule has 2 aromatic rings. The van der Waals surface area contributed by atoms with E-state index in [2.05, 4.69) is 86.8 Å². The second-order valence-corrected chi connectivity index (χ2v) is 11.6. The zero-order valence-corrected chi connectivity index (χ0v) is 15.4. The highest BCUT2D eigenvalue weighted by Crippen LogP contribution is 2.37. The van der Waals surface area contributed by atoms with E-state index in [4.69, 9.17) is 4.43 Å². The monoisotopic (exact) mass is 325 g/mol. The maximum Gasteiger partial charge on any atom is 0.261 e. The first-order valence-electron chi connectivity index (χ1n) is 8.53. The number of rotatable bonds is 4. The quantitative estimate of drug-likeness (QED) is 0.873. The molecule has 0 spiro atoms. The van der Waals surface area contributed by atoms with Crippen LogP contribution < -0.4 is 15.7 Å². The summed E-state index contributed by atoms with van der Waals surface area (Å²) in [5.41, 5.74) is 0. The summed E-state index contributed by atoms with van der Waals surface area (Å²) in [7, 11) is -2.35. The minimum atomic E-state index is -2.35. The molecule has 1 N–H and O–H groups in total. The number of hydrogen-bond donors (Lipinski definition) is 1. The largest absolute Gasteiger partial charge is 0.403 e. The maximum absolute atomic E-state index is 7.01. The number of hydrogen-bond acceptors (Lipinski definition) is 2. The summed E-state index contributed by atoms with van der Waals surface area (Å²) >= 11 is 0. The molecule has 23 heavy (non-hydrogen) atoms. The standard InChI is InChI=1S/C20H27NOSi/c1-20(2,3)23(18-10-6-4-7-11-18,19-12-8-5-9-13-19)22-17-14-15-21-16-17/h4-13,17,21H,14-16H2,1-3H3/t17-/m1/s1. The second kappa shape index (κ2) is 6.60. The molecule has 0 bridgehead atoms. The van der Waals surface area contributed by atoms with Gasteiger partial charge in [0.25, 0.3) is 8.32 Å². The molecule has 1 saturated heterocycles. The molecule has 0 aromatic heterocycles. The molecule has 1 aliphatic heterocycles. The third kappa shape index (κ3) is 3.14. The van der Waals surface area contributed by atoms with Crippen molar-refractivity contribution in [1.29, 1.82) is 0 Å². The van der Waals surface area contributed by atoms with E-state index in [0.717, 1.165) is 19.5 Å². The van der Waals surface area contributed by atoms with Crippen molar-refractivity contribution in [3.05, 3.63) is 60.7 Å². The molecule has 3 rings (SSSR count). The minimum absolute atomic E-state index is 0.0678. The SMILES string of the molecule is CC(C)(C)[Si](O[C@@H]1CCNC1)(c1ccccc1)c1ccccc1. The molecule has 0 amide bonds. The van der Waals surface area contributed by atoms with Crippen LogP contribution in [0.2, 0.25) is 5.04 Å². The Kier molecular flexibility index (Phi) is 4.71. The van der Waals surface area contributed by atoms with E-state index in [1.807, 2.05) is 0 Å². The molecule has 122 valence electrons. The average molecular weight is 326 g/mol. The molecule has 1 heterocycles. The molecular weight excluding hydrogens is 298 g/mol. The summed E-state index contributed by atoms with van der Waals surface area (Å²) in [6, 6.07) is 21.8. The lowest BCUT2D eigenvalue weighted by molar-refractivity contribution is 0.207. The van der Waals surface area contributed by atoms with Gasteiger partial charge in [-0.1, -0.05) is 81.4 Å². The van der Waals surface area contributed by atoms with Gasteiger partial charge in [-0.25, -0.2) is 0 Å². The third-order valence-electron chi connectivity index (χ3n) is 4.78. The Labute approximate surface area is 141 Å². The summed E-state index contributed by atoms with van der Waals surface area (Å²) < 4.78 is 7.01. The normalized spacial score (nSPS) is 19.0. The lowest BCUT2D eigenvalue weighted by Gasteiger charge is -2.44. The fraction of sp³-hybridized carbons (Fsp3) is 0.400. The molecule has 2 nitrogen and oxygen atoms in total. The van der Waals surface area contributed by atoms with E-state index in [9.17, 15) is 0 Å². The van der Waals surface area contributed by atoms with Crippen molar-refractivity contribution < 1.29 is 4.43 Å². The van der Waals surface area contributed by atoms with Gasteiger partial charge in [-0.05, 0) is 28.4 Å². The second-order valence-electron chi connectivity index (χ2n) is 7.40. The van der Waals surface area contributed by atoms with Crippen LogP contribution >= 0.6 is 0 Å². The predicted molar refractivity (Wildman–Crippen MR) is 100.0 cm³/mol. The Balaban J connectivity index is 2.16.